The van der Waals surface area contributed by atoms with Crippen molar-refractivity contribution in [1.82, 2.24) is 0 Å². The molecule has 0 amide bonds. The van der Waals surface area contributed by atoms with Gasteiger partial charge in [-0.15, -0.1) is 0 Å². The molecule has 0 aromatic heterocycles. The molecule has 0 bridgehead atoms. The van der Waals surface area contributed by atoms with Gasteiger partial charge in [-0.1, -0.05) is 0 Å². The SMILES string of the molecule is CC(O)CCOS(=O)OCCC(C)O. The Morgan fingerprint density at radius 3 is 1.71 bits per heavy atom. The van der Waals surface area contributed by atoms with Crippen LogP contribution in [-0.2, 0) is 19.7 Å². The molecule has 0 aliphatic carbocycles. The summed E-state index contributed by atoms with van der Waals surface area (Å²) in [6.07, 6.45) is -0.0919. The van der Waals surface area contributed by atoms with Crippen LogP contribution < -0.4 is 0 Å². The van der Waals surface area contributed by atoms with Gasteiger partial charge in [0.15, 0.2) is 0 Å². The first-order valence-corrected chi connectivity index (χ1v) is 5.56. The lowest BCUT2D eigenvalue weighted by Gasteiger charge is -2.06. The first-order chi connectivity index (χ1) is 6.52. The normalized spacial score (nSPS) is 17.7. The van der Waals surface area contributed by atoms with Crippen molar-refractivity contribution in [1.29, 1.82) is 0 Å². The van der Waals surface area contributed by atoms with Crippen LogP contribution in [0.5, 0.6) is 0 Å². The molecule has 0 fully saturated rings. The van der Waals surface area contributed by atoms with Gasteiger partial charge in [0, 0.05) is 0 Å². The van der Waals surface area contributed by atoms with E-state index in [0.29, 0.717) is 12.8 Å². The highest BCUT2D eigenvalue weighted by Gasteiger charge is 2.03. The second-order valence-electron chi connectivity index (χ2n) is 3.12. The average Bonchev–Trinajstić information content (AvgIpc) is 2.02. The molecular formula is C8H18O5S. The maximum Gasteiger partial charge on any atom is 0.304 e. The van der Waals surface area contributed by atoms with Crippen LogP contribution in [0.4, 0.5) is 0 Å². The Labute approximate surface area is 86.9 Å². The Balaban J connectivity index is 3.28. The predicted octanol–water partition coefficient (Wildman–Crippen LogP) is 0.140. The molecule has 6 heteroatoms. The fraction of sp³-hybridized carbons (Fsp3) is 1.00. The molecule has 5 nitrogen and oxygen atoms in total. The molecule has 0 saturated carbocycles. The molecule has 0 aromatic carbocycles. The predicted molar refractivity (Wildman–Crippen MR) is 52.6 cm³/mol. The number of aliphatic hydroxyl groups is 2. The summed E-state index contributed by atoms with van der Waals surface area (Å²) in [5, 5.41) is 17.7. The van der Waals surface area contributed by atoms with Crippen LogP contribution in [0, 0.1) is 0 Å². The third kappa shape index (κ3) is 10.1. The molecule has 0 spiro atoms. The van der Waals surface area contributed by atoms with Gasteiger partial charge >= 0.3 is 11.4 Å². The van der Waals surface area contributed by atoms with Crippen molar-refractivity contribution in [3.05, 3.63) is 0 Å². The second-order valence-corrected chi connectivity index (χ2v) is 4.00. The van der Waals surface area contributed by atoms with Crippen molar-refractivity contribution in [3.63, 3.8) is 0 Å². The van der Waals surface area contributed by atoms with E-state index in [2.05, 4.69) is 0 Å². The second kappa shape index (κ2) is 8.31. The molecule has 0 saturated heterocycles. The quantitative estimate of drug-likeness (QED) is 0.615. The Kier molecular flexibility index (Phi) is 8.30. The summed E-state index contributed by atoms with van der Waals surface area (Å²) in [5.41, 5.74) is 0. The molecule has 0 aliphatic heterocycles. The number of aliphatic hydroxyl groups excluding tert-OH is 2. The van der Waals surface area contributed by atoms with Crippen LogP contribution in [0.3, 0.4) is 0 Å². The maximum absolute atomic E-state index is 10.9. The van der Waals surface area contributed by atoms with E-state index in [1.165, 1.54) is 0 Å². The highest BCUT2D eigenvalue weighted by molar-refractivity contribution is 7.75. The molecule has 0 heterocycles. The van der Waals surface area contributed by atoms with Crippen LogP contribution in [0.15, 0.2) is 0 Å². The van der Waals surface area contributed by atoms with Gasteiger partial charge in [0.1, 0.15) is 0 Å². The van der Waals surface area contributed by atoms with Crippen LogP contribution in [0.1, 0.15) is 26.7 Å². The molecule has 2 atom stereocenters. The summed E-state index contributed by atoms with van der Waals surface area (Å²) in [6, 6.07) is 0. The number of hydrogen-bond donors (Lipinski definition) is 2. The first kappa shape index (κ1) is 14.0. The summed E-state index contributed by atoms with van der Waals surface area (Å²) in [5.74, 6) is 0. The monoisotopic (exact) mass is 226 g/mol. The van der Waals surface area contributed by atoms with Gasteiger partial charge in [-0.2, -0.15) is 4.21 Å². The maximum atomic E-state index is 10.9. The molecular weight excluding hydrogens is 208 g/mol. The van der Waals surface area contributed by atoms with Crippen LogP contribution in [-0.4, -0.2) is 39.8 Å². The van der Waals surface area contributed by atoms with Gasteiger partial charge in [-0.05, 0) is 26.7 Å². The van der Waals surface area contributed by atoms with E-state index in [-0.39, 0.29) is 13.2 Å². The zero-order chi connectivity index (χ0) is 11.0. The van der Waals surface area contributed by atoms with Crippen molar-refractivity contribution < 1.29 is 22.8 Å². The lowest BCUT2D eigenvalue weighted by atomic mass is 10.3. The van der Waals surface area contributed by atoms with Crippen LogP contribution >= 0.6 is 0 Å². The van der Waals surface area contributed by atoms with E-state index in [1.807, 2.05) is 0 Å². The standard InChI is InChI=1S/C8H18O5S/c1-7(9)3-5-12-14(11)13-6-4-8(2)10/h7-10H,3-6H2,1-2H3. The van der Waals surface area contributed by atoms with Crippen molar-refractivity contribution in [2.24, 2.45) is 0 Å². The Hall–Kier alpha value is -0.0100. The molecule has 86 valence electrons. The molecule has 0 radical (unpaired) electrons. The van der Waals surface area contributed by atoms with Gasteiger partial charge in [0.25, 0.3) is 0 Å². The lowest BCUT2D eigenvalue weighted by Crippen LogP contribution is -2.11. The minimum absolute atomic E-state index is 0.193. The Morgan fingerprint density at radius 1 is 1.07 bits per heavy atom. The highest BCUT2D eigenvalue weighted by atomic mass is 32.2. The minimum Gasteiger partial charge on any atom is -0.393 e. The molecule has 14 heavy (non-hydrogen) atoms. The minimum atomic E-state index is -1.78. The van der Waals surface area contributed by atoms with E-state index in [0.717, 1.165) is 0 Å². The summed E-state index contributed by atoms with van der Waals surface area (Å²) >= 11 is -1.78. The van der Waals surface area contributed by atoms with Gasteiger partial charge in [-0.25, -0.2) is 0 Å². The molecule has 2 unspecified atom stereocenters. The van der Waals surface area contributed by atoms with Crippen LogP contribution in [0.25, 0.3) is 0 Å². The van der Waals surface area contributed by atoms with Gasteiger partial charge in [0.2, 0.25) is 0 Å². The fourth-order valence-electron chi connectivity index (χ4n) is 0.607. The van der Waals surface area contributed by atoms with E-state index in [1.54, 1.807) is 13.8 Å². The van der Waals surface area contributed by atoms with Crippen LogP contribution in [0.2, 0.25) is 0 Å². The van der Waals surface area contributed by atoms with Gasteiger partial charge < -0.3 is 10.2 Å². The first-order valence-electron chi connectivity index (χ1n) is 4.56. The largest absolute Gasteiger partial charge is 0.393 e. The molecule has 0 rings (SSSR count). The molecule has 0 aliphatic rings. The van der Waals surface area contributed by atoms with Crippen molar-refractivity contribution in [3.8, 4) is 0 Å². The van der Waals surface area contributed by atoms with E-state index in [9.17, 15) is 4.21 Å². The van der Waals surface area contributed by atoms with Crippen molar-refractivity contribution >= 4 is 11.4 Å². The summed E-state index contributed by atoms with van der Waals surface area (Å²) in [6.45, 7) is 3.64. The van der Waals surface area contributed by atoms with Crippen molar-refractivity contribution in [2.45, 2.75) is 38.9 Å². The number of rotatable bonds is 8. The van der Waals surface area contributed by atoms with E-state index < -0.39 is 23.6 Å². The van der Waals surface area contributed by atoms with Gasteiger partial charge in [-0.3, -0.25) is 8.37 Å². The zero-order valence-electron chi connectivity index (χ0n) is 8.51. The topological polar surface area (TPSA) is 76.0 Å². The smallest absolute Gasteiger partial charge is 0.304 e. The van der Waals surface area contributed by atoms with E-state index in [4.69, 9.17) is 18.6 Å². The Morgan fingerprint density at radius 2 is 1.43 bits per heavy atom. The van der Waals surface area contributed by atoms with E-state index >= 15 is 0 Å². The van der Waals surface area contributed by atoms with Gasteiger partial charge in [0.05, 0.1) is 25.4 Å². The summed E-state index contributed by atoms with van der Waals surface area (Å²) in [7, 11) is 0. The average molecular weight is 226 g/mol. The third-order valence-electron chi connectivity index (χ3n) is 1.43. The highest BCUT2D eigenvalue weighted by Crippen LogP contribution is 1.97. The Bertz CT molecular complexity index is 144. The molecule has 0 aromatic rings. The summed E-state index contributed by atoms with van der Waals surface area (Å²) < 4.78 is 20.4. The third-order valence-corrected chi connectivity index (χ3v) is 2.15. The van der Waals surface area contributed by atoms with Crippen molar-refractivity contribution in [2.75, 3.05) is 13.2 Å². The lowest BCUT2D eigenvalue weighted by molar-refractivity contribution is 0.140. The number of hydrogen-bond acceptors (Lipinski definition) is 5. The summed E-state index contributed by atoms with van der Waals surface area (Å²) in [4.78, 5) is 0. The molecule has 2 N–H and O–H groups in total. The fourth-order valence-corrected chi connectivity index (χ4v) is 1.14. The zero-order valence-corrected chi connectivity index (χ0v) is 9.33.